The normalized spacial score (nSPS) is 10.4. The molecule has 1 aromatic heterocycles. The monoisotopic (exact) mass is 334 g/mol. The lowest BCUT2D eigenvalue weighted by Gasteiger charge is -2.19. The van der Waals surface area contributed by atoms with Crippen LogP contribution in [0.25, 0.3) is 0 Å². The molecule has 0 unspecified atom stereocenters. The molecule has 0 saturated heterocycles. The summed E-state index contributed by atoms with van der Waals surface area (Å²) in [6, 6.07) is 17.8. The molecular weight excluding hydrogens is 312 g/mol. The molecule has 5 nitrogen and oxygen atoms in total. The Hall–Kier alpha value is -3.08. The average molecular weight is 334 g/mol. The number of aromatic nitrogens is 2. The number of carbonyl (C=O) groups is 1. The fraction of sp³-hybridized carbons (Fsp3) is 0.200. The topological polar surface area (TPSA) is 50.2 Å². The van der Waals surface area contributed by atoms with E-state index < -0.39 is 0 Å². The van der Waals surface area contributed by atoms with E-state index in [1.165, 1.54) is 0 Å². The van der Waals surface area contributed by atoms with Crippen molar-refractivity contribution in [1.82, 2.24) is 14.9 Å². The molecule has 0 spiro atoms. The Balaban J connectivity index is 1.48. The van der Waals surface area contributed by atoms with Crippen molar-refractivity contribution in [3.63, 3.8) is 0 Å². The Morgan fingerprint density at radius 1 is 1.12 bits per heavy atom. The highest BCUT2D eigenvalue weighted by atomic mass is 16.1. The van der Waals surface area contributed by atoms with Crippen LogP contribution < -0.4 is 10.2 Å². The molecule has 1 heterocycles. The molecule has 0 saturated carbocycles. The van der Waals surface area contributed by atoms with Crippen molar-refractivity contribution in [1.29, 1.82) is 0 Å². The third kappa shape index (κ3) is 4.70. The third-order valence-electron chi connectivity index (χ3n) is 4.07. The first-order valence-electron chi connectivity index (χ1n) is 8.31. The fourth-order valence-corrected chi connectivity index (χ4v) is 2.60. The summed E-state index contributed by atoms with van der Waals surface area (Å²) in [4.78, 5) is 18.4. The van der Waals surface area contributed by atoms with E-state index in [9.17, 15) is 4.79 Å². The number of benzene rings is 2. The Bertz CT molecular complexity index is 782. The summed E-state index contributed by atoms with van der Waals surface area (Å²) in [5.74, 6) is -0.0457. The molecule has 3 aromatic rings. The maximum absolute atomic E-state index is 12.2. The van der Waals surface area contributed by atoms with Crippen LogP contribution in [0.15, 0.2) is 73.3 Å². The molecule has 0 fully saturated rings. The van der Waals surface area contributed by atoms with Gasteiger partial charge in [0.25, 0.3) is 5.91 Å². The molecule has 0 bridgehead atoms. The van der Waals surface area contributed by atoms with Crippen LogP contribution in [0.1, 0.15) is 15.9 Å². The van der Waals surface area contributed by atoms with Gasteiger partial charge in [0.15, 0.2) is 0 Å². The zero-order valence-corrected chi connectivity index (χ0v) is 14.3. The standard InChI is InChI=1S/C20H22N4O/c1-23(19-5-3-2-4-6-19)13-12-22-20(25)18-9-7-17(8-10-18)15-24-14-11-21-16-24/h2-11,14,16H,12-13,15H2,1H3,(H,22,25). The van der Waals surface area contributed by atoms with Gasteiger partial charge in [0.05, 0.1) is 6.33 Å². The van der Waals surface area contributed by atoms with Gasteiger partial charge in [-0.2, -0.15) is 0 Å². The van der Waals surface area contributed by atoms with Crippen molar-refractivity contribution in [2.75, 3.05) is 25.0 Å². The van der Waals surface area contributed by atoms with Gasteiger partial charge in [-0.15, -0.1) is 0 Å². The van der Waals surface area contributed by atoms with Gasteiger partial charge in [-0.1, -0.05) is 30.3 Å². The Morgan fingerprint density at radius 3 is 2.56 bits per heavy atom. The highest BCUT2D eigenvalue weighted by Crippen LogP contribution is 2.10. The summed E-state index contributed by atoms with van der Waals surface area (Å²) in [5, 5.41) is 2.97. The number of likely N-dealkylation sites (N-methyl/N-ethyl adjacent to an activating group) is 1. The molecule has 0 aliphatic carbocycles. The van der Waals surface area contributed by atoms with Crippen LogP contribution in [-0.4, -0.2) is 35.6 Å². The summed E-state index contributed by atoms with van der Waals surface area (Å²) < 4.78 is 1.99. The first kappa shape index (κ1) is 16.8. The summed E-state index contributed by atoms with van der Waals surface area (Å²) in [7, 11) is 2.02. The van der Waals surface area contributed by atoms with Gasteiger partial charge in [0.2, 0.25) is 0 Å². The molecule has 25 heavy (non-hydrogen) atoms. The molecule has 0 atom stereocenters. The smallest absolute Gasteiger partial charge is 0.251 e. The number of hydrogen-bond acceptors (Lipinski definition) is 3. The average Bonchev–Trinajstić information content (AvgIpc) is 3.16. The lowest BCUT2D eigenvalue weighted by Crippen LogP contribution is -2.32. The molecule has 3 rings (SSSR count). The Kier molecular flexibility index (Phi) is 5.46. The van der Waals surface area contributed by atoms with Gasteiger partial charge in [0, 0.05) is 50.3 Å². The first-order valence-corrected chi connectivity index (χ1v) is 8.31. The SMILES string of the molecule is CN(CCNC(=O)c1ccc(Cn2ccnc2)cc1)c1ccccc1. The Morgan fingerprint density at radius 2 is 1.88 bits per heavy atom. The van der Waals surface area contributed by atoms with Gasteiger partial charge in [-0.3, -0.25) is 4.79 Å². The second-order valence-electron chi connectivity index (χ2n) is 5.94. The largest absolute Gasteiger partial charge is 0.373 e. The fourth-order valence-electron chi connectivity index (χ4n) is 2.60. The second-order valence-corrected chi connectivity index (χ2v) is 5.94. The van der Waals surface area contributed by atoms with E-state index in [-0.39, 0.29) is 5.91 Å². The van der Waals surface area contributed by atoms with E-state index in [0.29, 0.717) is 12.1 Å². The minimum atomic E-state index is -0.0457. The predicted molar refractivity (Wildman–Crippen MR) is 99.8 cm³/mol. The van der Waals surface area contributed by atoms with Gasteiger partial charge in [0.1, 0.15) is 0 Å². The van der Waals surface area contributed by atoms with Crippen molar-refractivity contribution in [2.45, 2.75) is 6.54 Å². The lowest BCUT2D eigenvalue weighted by atomic mass is 10.1. The van der Waals surface area contributed by atoms with Crippen LogP contribution >= 0.6 is 0 Å². The minimum absolute atomic E-state index is 0.0457. The summed E-state index contributed by atoms with van der Waals surface area (Å²) in [5.41, 5.74) is 2.95. The van der Waals surface area contributed by atoms with Crippen molar-refractivity contribution < 1.29 is 4.79 Å². The summed E-state index contributed by atoms with van der Waals surface area (Å²) >= 11 is 0. The Labute approximate surface area is 147 Å². The van der Waals surface area contributed by atoms with Crippen LogP contribution in [0.4, 0.5) is 5.69 Å². The third-order valence-corrected chi connectivity index (χ3v) is 4.07. The number of nitrogens with zero attached hydrogens (tertiary/aromatic N) is 3. The van der Waals surface area contributed by atoms with E-state index in [1.807, 2.05) is 60.3 Å². The van der Waals surface area contributed by atoms with E-state index in [2.05, 4.69) is 27.3 Å². The zero-order chi connectivity index (χ0) is 17.5. The number of anilines is 1. The number of amides is 1. The number of carbonyl (C=O) groups excluding carboxylic acids is 1. The first-order chi connectivity index (χ1) is 12.2. The van der Waals surface area contributed by atoms with E-state index >= 15 is 0 Å². The maximum atomic E-state index is 12.2. The van der Waals surface area contributed by atoms with Gasteiger partial charge >= 0.3 is 0 Å². The molecule has 128 valence electrons. The van der Waals surface area contributed by atoms with Crippen LogP contribution in [0.5, 0.6) is 0 Å². The van der Waals surface area contributed by atoms with E-state index in [0.717, 1.165) is 24.3 Å². The van der Waals surface area contributed by atoms with Crippen molar-refractivity contribution >= 4 is 11.6 Å². The maximum Gasteiger partial charge on any atom is 0.251 e. The van der Waals surface area contributed by atoms with Crippen molar-refractivity contribution in [3.05, 3.63) is 84.4 Å². The van der Waals surface area contributed by atoms with Crippen molar-refractivity contribution in [3.8, 4) is 0 Å². The molecular formula is C20H22N4O. The lowest BCUT2D eigenvalue weighted by molar-refractivity contribution is 0.0954. The van der Waals surface area contributed by atoms with Crippen LogP contribution in [0.2, 0.25) is 0 Å². The number of nitrogens with one attached hydrogen (secondary N) is 1. The van der Waals surface area contributed by atoms with Gasteiger partial charge in [-0.25, -0.2) is 4.98 Å². The number of hydrogen-bond donors (Lipinski definition) is 1. The van der Waals surface area contributed by atoms with Crippen molar-refractivity contribution in [2.24, 2.45) is 0 Å². The molecule has 0 radical (unpaired) electrons. The zero-order valence-electron chi connectivity index (χ0n) is 14.3. The highest BCUT2D eigenvalue weighted by molar-refractivity contribution is 5.94. The molecule has 2 aromatic carbocycles. The van der Waals surface area contributed by atoms with E-state index in [4.69, 9.17) is 0 Å². The second kappa shape index (κ2) is 8.15. The molecule has 0 aliphatic heterocycles. The predicted octanol–water partition coefficient (Wildman–Crippen LogP) is 2.80. The van der Waals surface area contributed by atoms with Crippen LogP contribution in [0.3, 0.4) is 0 Å². The number of imidazole rings is 1. The summed E-state index contributed by atoms with van der Waals surface area (Å²) in [6.07, 6.45) is 5.46. The molecule has 1 N–H and O–H groups in total. The minimum Gasteiger partial charge on any atom is -0.373 e. The molecule has 0 aliphatic rings. The molecule has 1 amide bonds. The van der Waals surface area contributed by atoms with Crippen LogP contribution in [-0.2, 0) is 6.54 Å². The molecule has 5 heteroatoms. The number of rotatable bonds is 7. The number of para-hydroxylation sites is 1. The quantitative estimate of drug-likeness (QED) is 0.723. The van der Waals surface area contributed by atoms with Crippen LogP contribution in [0, 0.1) is 0 Å². The highest BCUT2D eigenvalue weighted by Gasteiger charge is 2.06. The van der Waals surface area contributed by atoms with Gasteiger partial charge < -0.3 is 14.8 Å². The van der Waals surface area contributed by atoms with E-state index in [1.54, 1.807) is 12.5 Å². The summed E-state index contributed by atoms with van der Waals surface area (Å²) in [6.45, 7) is 2.11. The van der Waals surface area contributed by atoms with Gasteiger partial charge in [-0.05, 0) is 29.8 Å².